The number of hydrogen-bond donors (Lipinski definition) is 2. The molecule has 28 heavy (non-hydrogen) atoms. The molecule has 6 nitrogen and oxygen atoms in total. The lowest BCUT2D eigenvalue weighted by Gasteiger charge is -2.15. The highest BCUT2D eigenvalue weighted by Gasteiger charge is 2.25. The number of amides is 2. The van der Waals surface area contributed by atoms with E-state index < -0.39 is 15.9 Å². The van der Waals surface area contributed by atoms with Crippen molar-refractivity contribution in [1.82, 2.24) is 4.90 Å². The van der Waals surface area contributed by atoms with Crippen molar-refractivity contribution in [3.8, 4) is 0 Å². The molecular formula is C20H26N4O2S2. The van der Waals surface area contributed by atoms with E-state index in [4.69, 9.17) is 5.14 Å². The molecule has 1 heterocycles. The lowest BCUT2D eigenvalue weighted by atomic mass is 9.99. The quantitative estimate of drug-likeness (QED) is 0.793. The molecule has 0 saturated heterocycles. The predicted octanol–water partition coefficient (Wildman–Crippen LogP) is 3.72. The van der Waals surface area contributed by atoms with Crippen LogP contribution in [0, 0.1) is 0 Å². The number of urea groups is 1. The molecule has 2 aromatic rings. The molecule has 0 aliphatic heterocycles. The normalized spacial score (nSPS) is 17.3. The molecule has 0 saturated carbocycles. The Morgan fingerprint density at radius 1 is 1.18 bits per heavy atom. The van der Waals surface area contributed by atoms with Crippen molar-refractivity contribution in [3.05, 3.63) is 45.3 Å². The van der Waals surface area contributed by atoms with Crippen LogP contribution in [0.5, 0.6) is 0 Å². The molecule has 0 radical (unpaired) electrons. The van der Waals surface area contributed by atoms with Gasteiger partial charge in [-0.15, -0.1) is 15.7 Å². The second-order valence-electron chi connectivity index (χ2n) is 7.78. The van der Waals surface area contributed by atoms with Crippen LogP contribution in [0.15, 0.2) is 26.8 Å². The Balaban J connectivity index is 1.61. The van der Waals surface area contributed by atoms with Gasteiger partial charge in [-0.1, -0.05) is 6.07 Å². The maximum absolute atomic E-state index is 12.9. The number of aryl methyl sites for hydroxylation is 2. The Morgan fingerprint density at radius 3 is 2.43 bits per heavy atom. The zero-order chi connectivity index (χ0) is 19.9. The number of nitrogens with two attached hydrogens (primary N) is 1. The summed E-state index contributed by atoms with van der Waals surface area (Å²) in [7, 11) is 0.672. The fourth-order valence-electron chi connectivity index (χ4n) is 4.18. The Hall–Kier alpha value is -1.74. The second-order valence-corrected chi connectivity index (χ2v) is 11.0. The van der Waals surface area contributed by atoms with Gasteiger partial charge < -0.3 is 10.2 Å². The molecule has 0 spiro atoms. The van der Waals surface area contributed by atoms with Gasteiger partial charge in [0.05, 0.1) is 0 Å². The van der Waals surface area contributed by atoms with E-state index in [1.807, 2.05) is 25.1 Å². The molecule has 1 aromatic carbocycles. The Labute approximate surface area is 170 Å². The van der Waals surface area contributed by atoms with Crippen LogP contribution in [0.1, 0.15) is 40.0 Å². The van der Waals surface area contributed by atoms with Crippen molar-refractivity contribution in [1.29, 1.82) is 0 Å². The third-order valence-electron chi connectivity index (χ3n) is 5.32. The van der Waals surface area contributed by atoms with Crippen LogP contribution >= 0.6 is 11.3 Å². The fraction of sp³-hybridized carbons (Fsp3) is 0.450. The molecule has 2 amide bonds. The first kappa shape index (κ1) is 19.6. The van der Waals surface area contributed by atoms with E-state index in [-0.39, 0.29) is 0 Å². The van der Waals surface area contributed by atoms with Crippen LogP contribution in [-0.4, -0.2) is 29.2 Å². The average Bonchev–Trinajstić information content (AvgIpc) is 3.32. The van der Waals surface area contributed by atoms with Gasteiger partial charge in [-0.3, -0.25) is 0 Å². The number of nitrogens with zero attached hydrogens (tertiary/aromatic N) is 2. The van der Waals surface area contributed by atoms with Crippen molar-refractivity contribution in [2.24, 2.45) is 9.50 Å². The molecular weight excluding hydrogens is 392 g/mol. The van der Waals surface area contributed by atoms with Gasteiger partial charge in [-0.05, 0) is 87.0 Å². The molecule has 1 atom stereocenters. The number of thiophene rings is 1. The minimum atomic E-state index is -3.26. The van der Waals surface area contributed by atoms with Crippen LogP contribution < -0.4 is 10.5 Å². The van der Waals surface area contributed by atoms with Gasteiger partial charge in [0.25, 0.3) is 0 Å². The number of benzene rings is 1. The van der Waals surface area contributed by atoms with Gasteiger partial charge in [-0.2, -0.15) is 0 Å². The van der Waals surface area contributed by atoms with Crippen molar-refractivity contribution in [2.45, 2.75) is 49.3 Å². The van der Waals surface area contributed by atoms with E-state index in [1.165, 1.54) is 33.6 Å². The summed E-state index contributed by atoms with van der Waals surface area (Å²) >= 11 is 1.34. The predicted molar refractivity (Wildman–Crippen MR) is 114 cm³/mol. The van der Waals surface area contributed by atoms with Crippen molar-refractivity contribution < 1.29 is 9.00 Å². The van der Waals surface area contributed by atoms with Crippen LogP contribution in [0.25, 0.3) is 0 Å². The van der Waals surface area contributed by atoms with Gasteiger partial charge in [-0.25, -0.2) is 14.1 Å². The van der Waals surface area contributed by atoms with E-state index >= 15 is 0 Å². The zero-order valence-corrected chi connectivity index (χ0v) is 17.9. The molecule has 0 fully saturated rings. The number of nitrogens with one attached hydrogen (secondary N) is 1. The van der Waals surface area contributed by atoms with Gasteiger partial charge in [0.2, 0.25) is 0 Å². The summed E-state index contributed by atoms with van der Waals surface area (Å²) in [5, 5.41) is 8.90. The Morgan fingerprint density at radius 2 is 1.82 bits per heavy atom. The first-order chi connectivity index (χ1) is 13.3. The maximum atomic E-state index is 12.9. The Bertz CT molecular complexity index is 1020. The van der Waals surface area contributed by atoms with Crippen molar-refractivity contribution >= 4 is 33.0 Å². The molecule has 2 aliphatic rings. The molecule has 150 valence electrons. The lowest BCUT2D eigenvalue weighted by molar-refractivity contribution is 0.260. The van der Waals surface area contributed by atoms with Gasteiger partial charge in [0.1, 0.15) is 4.21 Å². The summed E-state index contributed by atoms with van der Waals surface area (Å²) in [5.41, 5.74) is 5.99. The number of rotatable bonds is 4. The molecule has 3 N–H and O–H groups in total. The van der Waals surface area contributed by atoms with E-state index in [1.54, 1.807) is 6.07 Å². The van der Waals surface area contributed by atoms with E-state index in [0.717, 1.165) is 55.6 Å². The van der Waals surface area contributed by atoms with Gasteiger partial charge >= 0.3 is 6.03 Å². The third kappa shape index (κ3) is 3.87. The van der Waals surface area contributed by atoms with E-state index in [2.05, 4.69) is 15.7 Å². The second kappa shape index (κ2) is 7.59. The number of carbonyl (C=O) groups excluding carboxylic acids is 1. The fourth-order valence-corrected chi connectivity index (χ4v) is 6.59. The third-order valence-corrected chi connectivity index (χ3v) is 8.30. The first-order valence-electron chi connectivity index (χ1n) is 9.59. The average molecular weight is 419 g/mol. The lowest BCUT2D eigenvalue weighted by Crippen LogP contribution is -2.18. The largest absolute Gasteiger partial charge is 0.354 e. The number of hydrogen-bond acceptors (Lipinski definition) is 4. The highest BCUT2D eigenvalue weighted by molar-refractivity contribution is 7.93. The van der Waals surface area contributed by atoms with Crippen LogP contribution in [0.4, 0.5) is 10.5 Å². The SMILES string of the molecule is CN(C)Cc1ccc([S@](N)(=O)=NC(=O)Nc2c3c(cc4c2CCC4)CCC3)s1. The number of anilines is 1. The Kier molecular flexibility index (Phi) is 5.30. The standard InChI is InChI=1S/C20H26N4O2S2/c1-24(2)12-15-9-10-18(27-15)28(21,26)23-20(25)22-19-16-7-3-5-13(16)11-14-6-4-8-17(14)19/h9-11H,3-8,12H2,1-2H3,(H3,21,22,23,25,26)/t28-/m1/s1. The van der Waals surface area contributed by atoms with Crippen molar-refractivity contribution in [3.63, 3.8) is 0 Å². The van der Waals surface area contributed by atoms with Crippen LogP contribution in [0.2, 0.25) is 0 Å². The summed E-state index contributed by atoms with van der Waals surface area (Å²) in [5.74, 6) is 0. The summed E-state index contributed by atoms with van der Waals surface area (Å²) < 4.78 is 17.2. The van der Waals surface area contributed by atoms with Crippen LogP contribution in [0.3, 0.4) is 0 Å². The maximum Gasteiger partial charge on any atom is 0.354 e. The summed E-state index contributed by atoms with van der Waals surface area (Å²) in [6, 6.07) is 5.28. The van der Waals surface area contributed by atoms with E-state index in [0.29, 0.717) is 4.21 Å². The summed E-state index contributed by atoms with van der Waals surface area (Å²) in [6.07, 6.45) is 6.26. The molecule has 0 unspecified atom stereocenters. The molecule has 8 heteroatoms. The number of carbonyl (C=O) groups is 1. The monoisotopic (exact) mass is 418 g/mol. The number of fused-ring (bicyclic) bond motifs is 2. The minimum absolute atomic E-state index is 0.433. The topological polar surface area (TPSA) is 87.8 Å². The summed E-state index contributed by atoms with van der Waals surface area (Å²) in [6.45, 7) is 0.731. The van der Waals surface area contributed by atoms with Gasteiger partial charge in [0.15, 0.2) is 9.92 Å². The smallest absolute Gasteiger partial charge is 0.305 e. The highest BCUT2D eigenvalue weighted by Crippen LogP contribution is 2.38. The van der Waals surface area contributed by atoms with E-state index in [9.17, 15) is 9.00 Å². The van der Waals surface area contributed by atoms with Crippen molar-refractivity contribution in [2.75, 3.05) is 19.4 Å². The zero-order valence-electron chi connectivity index (χ0n) is 16.3. The molecule has 0 bridgehead atoms. The minimum Gasteiger partial charge on any atom is -0.305 e. The van der Waals surface area contributed by atoms with Crippen LogP contribution in [-0.2, 0) is 42.1 Å². The van der Waals surface area contributed by atoms with Gasteiger partial charge in [0, 0.05) is 17.1 Å². The molecule has 4 rings (SSSR count). The summed E-state index contributed by atoms with van der Waals surface area (Å²) in [4.78, 5) is 15.7. The highest BCUT2D eigenvalue weighted by atomic mass is 32.2. The molecule has 1 aromatic heterocycles. The molecule has 2 aliphatic carbocycles. The first-order valence-corrected chi connectivity index (χ1v) is 12.0.